The number of hydrogen-bond acceptors (Lipinski definition) is 8. The van der Waals surface area contributed by atoms with Gasteiger partial charge in [0, 0.05) is 26.2 Å². The fraction of sp³-hybridized carbons (Fsp3) is 0.407. The maximum absolute atomic E-state index is 13.5. The lowest BCUT2D eigenvalue weighted by Gasteiger charge is -2.31. The molecule has 0 bridgehead atoms. The van der Waals surface area contributed by atoms with E-state index in [0.717, 1.165) is 13.1 Å². The number of rotatable bonds is 11. The number of furan rings is 1. The molecule has 0 radical (unpaired) electrons. The Labute approximate surface area is 210 Å². The highest BCUT2D eigenvalue weighted by Crippen LogP contribution is 2.41. The molecule has 36 heavy (non-hydrogen) atoms. The van der Waals surface area contributed by atoms with Crippen molar-refractivity contribution in [3.63, 3.8) is 0 Å². The van der Waals surface area contributed by atoms with Crippen LogP contribution in [0.1, 0.15) is 34.8 Å². The highest BCUT2D eigenvalue weighted by atomic mass is 16.5. The molecule has 192 valence electrons. The van der Waals surface area contributed by atoms with Gasteiger partial charge in [-0.05, 0) is 43.7 Å². The smallest absolute Gasteiger partial charge is 0.290 e. The summed E-state index contributed by atoms with van der Waals surface area (Å²) in [6, 6.07) is 7.67. The topological polar surface area (TPSA) is 102 Å². The first-order valence-electron chi connectivity index (χ1n) is 12.1. The van der Waals surface area contributed by atoms with Crippen molar-refractivity contribution in [3.8, 4) is 11.5 Å². The van der Waals surface area contributed by atoms with Gasteiger partial charge in [0.15, 0.2) is 23.0 Å². The Kier molecular flexibility index (Phi) is 8.12. The van der Waals surface area contributed by atoms with Crippen LogP contribution < -0.4 is 9.47 Å². The summed E-state index contributed by atoms with van der Waals surface area (Å²) in [5.74, 6) is -0.0610. The molecule has 1 aromatic carbocycles. The number of Topliss-reactive ketones (excluding diaryl/α,β-unsaturated/α-hetero) is 1. The fourth-order valence-corrected chi connectivity index (χ4v) is 4.46. The number of ether oxygens (including phenoxy) is 3. The Morgan fingerprint density at radius 3 is 2.61 bits per heavy atom. The third-order valence-corrected chi connectivity index (χ3v) is 6.21. The lowest BCUT2D eigenvalue weighted by Crippen LogP contribution is -2.43. The van der Waals surface area contributed by atoms with Gasteiger partial charge in [-0.2, -0.15) is 0 Å². The predicted molar refractivity (Wildman–Crippen MR) is 132 cm³/mol. The first kappa shape index (κ1) is 25.5. The summed E-state index contributed by atoms with van der Waals surface area (Å²) in [6.07, 6.45) is 1.63. The molecule has 1 amide bonds. The summed E-state index contributed by atoms with van der Waals surface area (Å²) < 4.78 is 22.5. The van der Waals surface area contributed by atoms with Gasteiger partial charge in [-0.1, -0.05) is 18.7 Å². The number of ketones is 1. The van der Waals surface area contributed by atoms with Gasteiger partial charge in [0.2, 0.25) is 5.78 Å². The van der Waals surface area contributed by atoms with E-state index in [9.17, 15) is 14.7 Å². The predicted octanol–water partition coefficient (Wildman–Crippen LogP) is 3.46. The maximum Gasteiger partial charge on any atom is 0.290 e. The quantitative estimate of drug-likeness (QED) is 0.373. The van der Waals surface area contributed by atoms with Crippen LogP contribution in [0.5, 0.6) is 11.5 Å². The van der Waals surface area contributed by atoms with Gasteiger partial charge in [-0.15, -0.1) is 0 Å². The molecule has 2 aliphatic rings. The first-order chi connectivity index (χ1) is 17.4. The van der Waals surface area contributed by atoms with Crippen LogP contribution in [0.2, 0.25) is 0 Å². The number of carbonyl (C=O) groups is 2. The molecule has 9 nitrogen and oxygen atoms in total. The first-order valence-corrected chi connectivity index (χ1v) is 12.1. The van der Waals surface area contributed by atoms with Crippen LogP contribution in [0.4, 0.5) is 0 Å². The average Bonchev–Trinajstić information content (AvgIpc) is 3.43. The van der Waals surface area contributed by atoms with E-state index >= 15 is 0 Å². The van der Waals surface area contributed by atoms with E-state index in [1.54, 1.807) is 43.3 Å². The number of carbonyl (C=O) groups excluding carboxylic acids is 2. The number of morpholine rings is 1. The van der Waals surface area contributed by atoms with Crippen LogP contribution in [0.15, 0.2) is 58.7 Å². The van der Waals surface area contributed by atoms with Crippen LogP contribution in [-0.2, 0) is 9.53 Å². The highest BCUT2D eigenvalue weighted by molar-refractivity contribution is 6.15. The third kappa shape index (κ3) is 5.32. The van der Waals surface area contributed by atoms with E-state index in [1.807, 2.05) is 6.92 Å². The van der Waals surface area contributed by atoms with E-state index in [1.165, 1.54) is 4.90 Å². The van der Waals surface area contributed by atoms with Gasteiger partial charge in [-0.3, -0.25) is 14.5 Å². The molecule has 1 N–H and O–H groups in total. The summed E-state index contributed by atoms with van der Waals surface area (Å²) in [4.78, 5) is 30.5. The largest absolute Gasteiger partial charge is 0.503 e. The van der Waals surface area contributed by atoms with Gasteiger partial charge < -0.3 is 28.6 Å². The number of aliphatic hydroxyl groups is 1. The van der Waals surface area contributed by atoms with Crippen molar-refractivity contribution >= 4 is 11.7 Å². The molecule has 2 aromatic rings. The zero-order valence-corrected chi connectivity index (χ0v) is 20.7. The van der Waals surface area contributed by atoms with Crippen molar-refractivity contribution in [2.45, 2.75) is 19.9 Å². The van der Waals surface area contributed by atoms with Crippen molar-refractivity contribution < 1.29 is 33.3 Å². The highest BCUT2D eigenvalue weighted by Gasteiger charge is 2.44. The second kappa shape index (κ2) is 11.5. The second-order valence-electron chi connectivity index (χ2n) is 8.60. The molecule has 0 saturated carbocycles. The fourth-order valence-electron chi connectivity index (χ4n) is 4.46. The van der Waals surface area contributed by atoms with Gasteiger partial charge in [0.1, 0.15) is 12.4 Å². The molecule has 1 saturated heterocycles. The lowest BCUT2D eigenvalue weighted by molar-refractivity contribution is -0.129. The molecular formula is C27H32N2O7. The normalized spacial score (nSPS) is 18.6. The number of nitrogens with zero attached hydrogens (tertiary/aromatic N) is 2. The molecule has 9 heteroatoms. The molecule has 0 spiro atoms. The summed E-state index contributed by atoms with van der Waals surface area (Å²) >= 11 is 0. The van der Waals surface area contributed by atoms with Crippen molar-refractivity contribution in [3.05, 3.63) is 71.4 Å². The number of aliphatic hydroxyl groups excluding tert-OH is 1. The molecule has 4 rings (SSSR count). The zero-order chi connectivity index (χ0) is 25.7. The third-order valence-electron chi connectivity index (χ3n) is 6.21. The van der Waals surface area contributed by atoms with E-state index < -0.39 is 23.5 Å². The SMILES string of the molecule is C=CCOc1ccc(C2C(C(=O)c3ccc(C)o3)=C(O)C(=O)N2CCN2CCOCC2)cc1OCC. The Morgan fingerprint density at radius 2 is 1.94 bits per heavy atom. The molecule has 1 aromatic heterocycles. The van der Waals surface area contributed by atoms with E-state index in [0.29, 0.717) is 62.3 Å². The standard InChI is InChI=1S/C27H32N2O7/c1-4-14-35-20-9-7-19(17-22(20)34-5-2)24-23(25(30)21-8-6-18(3)36-21)26(31)27(32)29(24)11-10-28-12-15-33-16-13-28/h4,6-9,17,24,31H,1,5,10-16H2,2-3H3. The molecular weight excluding hydrogens is 464 g/mol. The minimum Gasteiger partial charge on any atom is -0.503 e. The minimum absolute atomic E-state index is 0.0152. The summed E-state index contributed by atoms with van der Waals surface area (Å²) in [6.45, 7) is 11.6. The van der Waals surface area contributed by atoms with Crippen LogP contribution in [0.25, 0.3) is 0 Å². The van der Waals surface area contributed by atoms with Gasteiger partial charge in [-0.25, -0.2) is 0 Å². The van der Waals surface area contributed by atoms with Crippen LogP contribution in [0.3, 0.4) is 0 Å². The Bertz CT molecular complexity index is 1150. The van der Waals surface area contributed by atoms with Crippen LogP contribution in [-0.4, -0.2) is 79.2 Å². The van der Waals surface area contributed by atoms with Gasteiger partial charge >= 0.3 is 0 Å². The Hall–Kier alpha value is -3.56. The molecule has 3 heterocycles. The van der Waals surface area contributed by atoms with Crippen LogP contribution >= 0.6 is 0 Å². The van der Waals surface area contributed by atoms with Crippen LogP contribution in [0, 0.1) is 6.92 Å². The number of aryl methyl sites for hydroxylation is 1. The summed E-state index contributed by atoms with van der Waals surface area (Å²) in [5.41, 5.74) is 0.606. The monoisotopic (exact) mass is 496 g/mol. The number of benzene rings is 1. The molecule has 1 unspecified atom stereocenters. The van der Waals surface area contributed by atoms with E-state index in [4.69, 9.17) is 18.6 Å². The summed E-state index contributed by atoms with van der Waals surface area (Å²) in [7, 11) is 0. The summed E-state index contributed by atoms with van der Waals surface area (Å²) in [5, 5.41) is 10.9. The minimum atomic E-state index is -0.816. The second-order valence-corrected chi connectivity index (χ2v) is 8.60. The Balaban J connectivity index is 1.72. The van der Waals surface area contributed by atoms with Crippen molar-refractivity contribution in [1.29, 1.82) is 0 Å². The van der Waals surface area contributed by atoms with E-state index in [-0.39, 0.29) is 11.3 Å². The molecule has 2 aliphatic heterocycles. The van der Waals surface area contributed by atoms with E-state index in [2.05, 4.69) is 11.5 Å². The number of amides is 1. The molecule has 1 fully saturated rings. The van der Waals surface area contributed by atoms with Crippen molar-refractivity contribution in [2.24, 2.45) is 0 Å². The molecule has 1 atom stereocenters. The van der Waals surface area contributed by atoms with Gasteiger partial charge in [0.25, 0.3) is 5.91 Å². The lowest BCUT2D eigenvalue weighted by atomic mass is 9.94. The Morgan fingerprint density at radius 1 is 1.17 bits per heavy atom. The van der Waals surface area contributed by atoms with Crippen molar-refractivity contribution in [2.75, 3.05) is 52.6 Å². The maximum atomic E-state index is 13.5. The number of hydrogen-bond donors (Lipinski definition) is 1. The molecule has 0 aliphatic carbocycles. The average molecular weight is 497 g/mol. The zero-order valence-electron chi connectivity index (χ0n) is 20.7. The van der Waals surface area contributed by atoms with Crippen molar-refractivity contribution in [1.82, 2.24) is 9.80 Å². The van der Waals surface area contributed by atoms with Gasteiger partial charge in [0.05, 0.1) is 31.4 Å².